The van der Waals surface area contributed by atoms with Crippen molar-refractivity contribution in [1.29, 1.82) is 0 Å². The first-order chi connectivity index (χ1) is 11.6. The van der Waals surface area contributed by atoms with E-state index in [0.717, 1.165) is 12.3 Å². The zero-order valence-electron chi connectivity index (χ0n) is 15.7. The zero-order chi connectivity index (χ0) is 17.2. The fourth-order valence-electron chi connectivity index (χ4n) is 4.42. The average Bonchev–Trinajstić information content (AvgIpc) is 3.26. The molecule has 3 rings (SSSR count). The molecule has 2 atom stereocenters. The van der Waals surface area contributed by atoms with Crippen molar-refractivity contribution in [2.45, 2.75) is 65.7 Å². The number of aromatic amines is 1. The molecule has 1 nitrogen and oxygen atoms in total. The minimum absolute atomic E-state index is 0.508. The van der Waals surface area contributed by atoms with E-state index in [4.69, 9.17) is 0 Å². The van der Waals surface area contributed by atoms with Gasteiger partial charge in [-0.2, -0.15) is 0 Å². The van der Waals surface area contributed by atoms with Crippen molar-refractivity contribution in [3.05, 3.63) is 46.6 Å². The standard InChI is InChI=1S/C23H33N/c1-5-20-16-19(22(6-2)24-20)10-8-12-23(13-14-23)21-11-7-9-17(3)15-18(21)4/h6-7,10-11,16-17,21,24H,4-5,8-9,12-15H2,1-3H3/b19-10-,22-6+. The van der Waals surface area contributed by atoms with Crippen LogP contribution >= 0.6 is 0 Å². The predicted molar refractivity (Wildman–Crippen MR) is 105 cm³/mol. The van der Waals surface area contributed by atoms with E-state index in [2.05, 4.69) is 62.7 Å². The van der Waals surface area contributed by atoms with Gasteiger partial charge in [-0.25, -0.2) is 0 Å². The van der Waals surface area contributed by atoms with E-state index in [1.807, 2.05) is 0 Å². The largest absolute Gasteiger partial charge is 0.359 e. The van der Waals surface area contributed by atoms with Gasteiger partial charge in [0, 0.05) is 17.0 Å². The molecule has 1 aromatic heterocycles. The second-order valence-corrected chi connectivity index (χ2v) is 8.02. The van der Waals surface area contributed by atoms with Gasteiger partial charge in [0.15, 0.2) is 0 Å². The van der Waals surface area contributed by atoms with E-state index >= 15 is 0 Å². The van der Waals surface area contributed by atoms with Gasteiger partial charge in [0.25, 0.3) is 0 Å². The molecule has 1 N–H and O–H groups in total. The van der Waals surface area contributed by atoms with Crippen LogP contribution in [0.4, 0.5) is 0 Å². The molecule has 2 aliphatic rings. The van der Waals surface area contributed by atoms with Crippen LogP contribution in [0.25, 0.3) is 12.2 Å². The topological polar surface area (TPSA) is 15.8 Å². The second kappa shape index (κ2) is 7.17. The Labute approximate surface area is 147 Å². The van der Waals surface area contributed by atoms with E-state index in [1.54, 1.807) is 0 Å². The van der Waals surface area contributed by atoms with E-state index in [0.29, 0.717) is 11.3 Å². The maximum absolute atomic E-state index is 4.45. The first-order valence-electron chi connectivity index (χ1n) is 9.76. The average molecular weight is 324 g/mol. The molecular weight excluding hydrogens is 290 g/mol. The van der Waals surface area contributed by atoms with Gasteiger partial charge in [-0.15, -0.1) is 0 Å². The van der Waals surface area contributed by atoms with Crippen LogP contribution in [-0.4, -0.2) is 4.98 Å². The van der Waals surface area contributed by atoms with Crippen LogP contribution in [0.1, 0.15) is 65.0 Å². The summed E-state index contributed by atoms with van der Waals surface area (Å²) in [6.45, 7) is 11.1. The minimum atomic E-state index is 0.508. The van der Waals surface area contributed by atoms with Crippen LogP contribution in [0, 0.1) is 17.3 Å². The van der Waals surface area contributed by atoms with E-state index in [-0.39, 0.29) is 0 Å². The lowest BCUT2D eigenvalue weighted by molar-refractivity contribution is 0.378. The Morgan fingerprint density at radius 2 is 2.17 bits per heavy atom. The molecule has 0 aromatic carbocycles. The van der Waals surface area contributed by atoms with Gasteiger partial charge in [-0.05, 0) is 74.5 Å². The lowest BCUT2D eigenvalue weighted by Crippen LogP contribution is -2.22. The van der Waals surface area contributed by atoms with Crippen LogP contribution < -0.4 is 10.6 Å². The van der Waals surface area contributed by atoms with Crippen molar-refractivity contribution >= 4 is 12.2 Å². The molecule has 1 heterocycles. The highest BCUT2D eigenvalue weighted by Crippen LogP contribution is 2.59. The number of rotatable bonds is 5. The smallest absolute Gasteiger partial charge is 0.0409 e. The predicted octanol–water partition coefficient (Wildman–Crippen LogP) is 4.88. The summed E-state index contributed by atoms with van der Waals surface area (Å²) in [6, 6.07) is 2.32. The third-order valence-electron chi connectivity index (χ3n) is 6.08. The number of hydrogen-bond donors (Lipinski definition) is 1. The van der Waals surface area contributed by atoms with Crippen molar-refractivity contribution in [3.8, 4) is 0 Å². The number of aryl methyl sites for hydroxylation is 1. The number of H-pyrrole nitrogens is 1. The molecule has 0 aliphatic heterocycles. The SMILES string of the molecule is C=C1CC(C)CC=CC1C1(CC/C=c2/cc(CC)[nH]/c2=C/C)CC1. The maximum atomic E-state index is 4.45. The third kappa shape index (κ3) is 3.61. The molecule has 1 aromatic rings. The van der Waals surface area contributed by atoms with Gasteiger partial charge < -0.3 is 4.98 Å². The summed E-state index contributed by atoms with van der Waals surface area (Å²) in [5.74, 6) is 1.38. The maximum Gasteiger partial charge on any atom is 0.0409 e. The van der Waals surface area contributed by atoms with Crippen molar-refractivity contribution < 1.29 is 0 Å². The monoisotopic (exact) mass is 323 g/mol. The zero-order valence-corrected chi connectivity index (χ0v) is 15.7. The summed E-state index contributed by atoms with van der Waals surface area (Å²) in [5, 5.41) is 2.67. The first-order valence-corrected chi connectivity index (χ1v) is 9.76. The Kier molecular flexibility index (Phi) is 5.18. The highest BCUT2D eigenvalue weighted by atomic mass is 14.7. The summed E-state index contributed by atoms with van der Waals surface area (Å²) in [4.78, 5) is 3.52. The quantitative estimate of drug-likeness (QED) is 0.744. The van der Waals surface area contributed by atoms with Crippen molar-refractivity contribution in [1.82, 2.24) is 4.98 Å². The number of aromatic nitrogens is 1. The fraction of sp³-hybridized carbons (Fsp3) is 0.565. The Morgan fingerprint density at radius 1 is 1.38 bits per heavy atom. The van der Waals surface area contributed by atoms with Crippen LogP contribution in [0.3, 0.4) is 0 Å². The Balaban J connectivity index is 1.71. The van der Waals surface area contributed by atoms with Crippen LogP contribution in [0.5, 0.6) is 0 Å². The normalized spacial score (nSPS) is 27.5. The van der Waals surface area contributed by atoms with Crippen molar-refractivity contribution in [2.75, 3.05) is 0 Å². The van der Waals surface area contributed by atoms with Gasteiger partial charge in [-0.3, -0.25) is 0 Å². The Morgan fingerprint density at radius 3 is 2.83 bits per heavy atom. The van der Waals surface area contributed by atoms with Gasteiger partial charge in [0.1, 0.15) is 0 Å². The van der Waals surface area contributed by atoms with Gasteiger partial charge in [0.05, 0.1) is 0 Å². The fourth-order valence-corrected chi connectivity index (χ4v) is 4.42. The minimum Gasteiger partial charge on any atom is -0.359 e. The number of allylic oxidation sites excluding steroid dienone is 3. The summed E-state index contributed by atoms with van der Waals surface area (Å²) in [5.41, 5.74) is 3.32. The van der Waals surface area contributed by atoms with Gasteiger partial charge >= 0.3 is 0 Å². The van der Waals surface area contributed by atoms with Crippen LogP contribution in [0.15, 0.2) is 30.4 Å². The molecule has 1 heteroatoms. The molecule has 1 fully saturated rings. The number of hydrogen-bond acceptors (Lipinski definition) is 0. The molecule has 2 unspecified atom stereocenters. The molecule has 24 heavy (non-hydrogen) atoms. The lowest BCUT2D eigenvalue weighted by atomic mass is 9.79. The van der Waals surface area contributed by atoms with Crippen LogP contribution in [-0.2, 0) is 6.42 Å². The molecule has 2 aliphatic carbocycles. The van der Waals surface area contributed by atoms with Gasteiger partial charge in [-0.1, -0.05) is 50.3 Å². The molecule has 0 bridgehead atoms. The molecule has 130 valence electrons. The highest BCUT2D eigenvalue weighted by molar-refractivity contribution is 5.31. The molecular formula is C23H33N. The second-order valence-electron chi connectivity index (χ2n) is 8.02. The highest BCUT2D eigenvalue weighted by Gasteiger charge is 2.48. The third-order valence-corrected chi connectivity index (χ3v) is 6.08. The summed E-state index contributed by atoms with van der Waals surface area (Å²) < 4.78 is 0. The lowest BCUT2D eigenvalue weighted by Gasteiger charge is -2.26. The van der Waals surface area contributed by atoms with E-state index in [1.165, 1.54) is 60.4 Å². The van der Waals surface area contributed by atoms with E-state index < -0.39 is 0 Å². The van der Waals surface area contributed by atoms with E-state index in [9.17, 15) is 0 Å². The Bertz CT molecular complexity index is 727. The van der Waals surface area contributed by atoms with Crippen molar-refractivity contribution in [2.24, 2.45) is 17.3 Å². The first kappa shape index (κ1) is 17.3. The van der Waals surface area contributed by atoms with Crippen LogP contribution in [0.2, 0.25) is 0 Å². The molecule has 0 spiro atoms. The molecule has 0 amide bonds. The van der Waals surface area contributed by atoms with Crippen molar-refractivity contribution in [3.63, 3.8) is 0 Å². The summed E-state index contributed by atoms with van der Waals surface area (Å²) >= 11 is 0. The van der Waals surface area contributed by atoms with Gasteiger partial charge in [0.2, 0.25) is 0 Å². The number of nitrogens with one attached hydrogen (secondary N) is 1. The molecule has 1 saturated carbocycles. The Hall–Kier alpha value is -1.50. The summed E-state index contributed by atoms with van der Waals surface area (Å²) in [6.07, 6.45) is 18.3. The summed E-state index contributed by atoms with van der Waals surface area (Å²) in [7, 11) is 0. The molecule has 0 radical (unpaired) electrons. The molecule has 0 saturated heterocycles.